The molecule has 0 radical (unpaired) electrons. The van der Waals surface area contributed by atoms with Gasteiger partial charge in [-0.1, -0.05) is 42.0 Å². The quantitative estimate of drug-likeness (QED) is 0.838. The van der Waals surface area contributed by atoms with E-state index in [2.05, 4.69) is 31.2 Å². The molecule has 0 heterocycles. The summed E-state index contributed by atoms with van der Waals surface area (Å²) in [5.74, 6) is 0.138. The minimum atomic E-state index is -0.792. The predicted molar refractivity (Wildman–Crippen MR) is 78.5 cm³/mol. The molecular weight excluding hydrogens is 256 g/mol. The van der Waals surface area contributed by atoms with Crippen molar-refractivity contribution in [1.82, 2.24) is 0 Å². The van der Waals surface area contributed by atoms with Gasteiger partial charge in [0.05, 0.1) is 6.42 Å². The molecule has 0 atom stereocenters. The monoisotopic (exact) mass is 272 g/mol. The first kappa shape index (κ1) is 13.7. The van der Waals surface area contributed by atoms with Crippen LogP contribution in [0.4, 0.5) is 0 Å². The maximum absolute atomic E-state index is 10.6. The van der Waals surface area contributed by atoms with Crippen molar-refractivity contribution in [2.24, 2.45) is 0 Å². The summed E-state index contributed by atoms with van der Waals surface area (Å²) in [7, 11) is 0. The van der Waals surface area contributed by atoms with Crippen LogP contribution in [-0.4, -0.2) is 11.1 Å². The summed E-state index contributed by atoms with van der Waals surface area (Å²) in [6.07, 6.45) is 0.0862. The van der Waals surface area contributed by atoms with Crippen molar-refractivity contribution in [3.63, 3.8) is 0 Å². The first-order chi connectivity index (χ1) is 9.13. The number of aryl methyl sites for hydroxylation is 1. The second-order valence-corrected chi connectivity index (χ2v) is 5.54. The van der Waals surface area contributed by atoms with Crippen LogP contribution in [0.2, 0.25) is 0 Å². The molecule has 0 aliphatic heterocycles. The van der Waals surface area contributed by atoms with Crippen LogP contribution in [0.15, 0.2) is 53.4 Å². The zero-order valence-electron chi connectivity index (χ0n) is 10.8. The maximum atomic E-state index is 10.6. The van der Waals surface area contributed by atoms with Crippen LogP contribution in [0.1, 0.15) is 16.7 Å². The maximum Gasteiger partial charge on any atom is 0.307 e. The minimum absolute atomic E-state index is 0.0862. The van der Waals surface area contributed by atoms with Crippen LogP contribution in [0.25, 0.3) is 0 Å². The molecule has 0 unspecified atom stereocenters. The fourth-order valence-corrected chi connectivity index (χ4v) is 2.58. The molecule has 3 heteroatoms. The highest BCUT2D eigenvalue weighted by Crippen LogP contribution is 2.23. The molecule has 1 N–H and O–H groups in total. The highest BCUT2D eigenvalue weighted by atomic mass is 32.2. The van der Waals surface area contributed by atoms with Gasteiger partial charge in [0.2, 0.25) is 0 Å². The van der Waals surface area contributed by atoms with Gasteiger partial charge in [0.25, 0.3) is 0 Å². The first-order valence-corrected chi connectivity index (χ1v) is 7.11. The second-order valence-electron chi connectivity index (χ2n) is 4.49. The average molecular weight is 272 g/mol. The third-order valence-corrected chi connectivity index (χ3v) is 3.89. The van der Waals surface area contributed by atoms with Crippen molar-refractivity contribution in [3.8, 4) is 0 Å². The average Bonchev–Trinajstić information content (AvgIpc) is 2.39. The zero-order valence-corrected chi connectivity index (χ0v) is 11.6. The van der Waals surface area contributed by atoms with Gasteiger partial charge in [-0.15, -0.1) is 11.8 Å². The number of aliphatic carboxylic acids is 1. The summed E-state index contributed by atoms with van der Waals surface area (Å²) in [5, 5.41) is 8.71. The van der Waals surface area contributed by atoms with E-state index in [4.69, 9.17) is 5.11 Å². The molecule has 0 spiro atoms. The molecule has 2 aromatic carbocycles. The molecule has 0 saturated heterocycles. The Morgan fingerprint density at radius 3 is 2.16 bits per heavy atom. The minimum Gasteiger partial charge on any atom is -0.481 e. The summed E-state index contributed by atoms with van der Waals surface area (Å²) < 4.78 is 0. The largest absolute Gasteiger partial charge is 0.481 e. The molecule has 0 amide bonds. The van der Waals surface area contributed by atoms with Gasteiger partial charge in [0.15, 0.2) is 0 Å². The molecule has 0 aliphatic carbocycles. The summed E-state index contributed by atoms with van der Waals surface area (Å²) in [5.41, 5.74) is 3.41. The summed E-state index contributed by atoms with van der Waals surface area (Å²) in [6.45, 7) is 2.08. The van der Waals surface area contributed by atoms with E-state index in [9.17, 15) is 4.79 Å². The van der Waals surface area contributed by atoms with Crippen molar-refractivity contribution in [1.29, 1.82) is 0 Å². The van der Waals surface area contributed by atoms with E-state index in [1.54, 1.807) is 11.8 Å². The number of hydrogen-bond donors (Lipinski definition) is 1. The van der Waals surface area contributed by atoms with Gasteiger partial charge in [-0.05, 0) is 30.2 Å². The number of carbonyl (C=O) groups is 1. The SMILES string of the molecule is Cc1ccc(CSc2ccc(CC(=O)O)cc2)cc1. The Balaban J connectivity index is 1.92. The smallest absolute Gasteiger partial charge is 0.307 e. The van der Waals surface area contributed by atoms with E-state index in [0.29, 0.717) is 0 Å². The zero-order chi connectivity index (χ0) is 13.7. The van der Waals surface area contributed by atoms with E-state index in [0.717, 1.165) is 16.2 Å². The van der Waals surface area contributed by atoms with Gasteiger partial charge in [0, 0.05) is 10.6 Å². The van der Waals surface area contributed by atoms with Crippen molar-refractivity contribution in [2.75, 3.05) is 0 Å². The van der Waals surface area contributed by atoms with Gasteiger partial charge in [-0.25, -0.2) is 0 Å². The van der Waals surface area contributed by atoms with Crippen LogP contribution in [-0.2, 0) is 17.0 Å². The molecule has 19 heavy (non-hydrogen) atoms. The molecule has 98 valence electrons. The Bertz CT molecular complexity index is 544. The lowest BCUT2D eigenvalue weighted by atomic mass is 10.2. The van der Waals surface area contributed by atoms with E-state index in [1.165, 1.54) is 11.1 Å². The highest BCUT2D eigenvalue weighted by Gasteiger charge is 2.01. The Kier molecular flexibility index (Phi) is 4.63. The van der Waals surface area contributed by atoms with Crippen molar-refractivity contribution < 1.29 is 9.90 Å². The van der Waals surface area contributed by atoms with Crippen LogP contribution in [0.5, 0.6) is 0 Å². The van der Waals surface area contributed by atoms with Gasteiger partial charge < -0.3 is 5.11 Å². The summed E-state index contributed by atoms with van der Waals surface area (Å²) in [4.78, 5) is 11.7. The first-order valence-electron chi connectivity index (χ1n) is 6.12. The van der Waals surface area contributed by atoms with Gasteiger partial charge >= 0.3 is 5.97 Å². The second kappa shape index (κ2) is 6.43. The molecular formula is C16H16O2S. The number of hydrogen-bond acceptors (Lipinski definition) is 2. The standard InChI is InChI=1S/C16H16O2S/c1-12-2-4-14(5-3-12)11-19-15-8-6-13(7-9-15)10-16(17)18/h2-9H,10-11H2,1H3,(H,17,18). The van der Waals surface area contributed by atoms with E-state index in [-0.39, 0.29) is 6.42 Å². The number of carboxylic acids is 1. The lowest BCUT2D eigenvalue weighted by molar-refractivity contribution is -0.136. The Labute approximate surface area is 117 Å². The number of carboxylic acid groups (broad SMARTS) is 1. The van der Waals surface area contributed by atoms with E-state index >= 15 is 0 Å². The molecule has 2 aromatic rings. The van der Waals surface area contributed by atoms with Gasteiger partial charge in [-0.3, -0.25) is 4.79 Å². The normalized spacial score (nSPS) is 10.4. The molecule has 2 nitrogen and oxygen atoms in total. The Morgan fingerprint density at radius 1 is 1.00 bits per heavy atom. The lowest BCUT2D eigenvalue weighted by Gasteiger charge is -2.04. The highest BCUT2D eigenvalue weighted by molar-refractivity contribution is 7.98. The molecule has 2 rings (SSSR count). The number of benzene rings is 2. The van der Waals surface area contributed by atoms with E-state index < -0.39 is 5.97 Å². The Morgan fingerprint density at radius 2 is 1.58 bits per heavy atom. The van der Waals surface area contributed by atoms with Crippen LogP contribution < -0.4 is 0 Å². The van der Waals surface area contributed by atoms with Crippen molar-refractivity contribution >= 4 is 17.7 Å². The fourth-order valence-electron chi connectivity index (χ4n) is 1.73. The molecule has 0 aromatic heterocycles. The van der Waals surface area contributed by atoms with Crippen molar-refractivity contribution in [3.05, 3.63) is 65.2 Å². The molecule has 0 fully saturated rings. The molecule has 0 aliphatic rings. The van der Waals surface area contributed by atoms with Crippen molar-refractivity contribution in [2.45, 2.75) is 24.0 Å². The summed E-state index contributed by atoms with van der Waals surface area (Å²) in [6, 6.07) is 16.2. The Hall–Kier alpha value is -1.74. The third-order valence-electron chi connectivity index (χ3n) is 2.80. The summed E-state index contributed by atoms with van der Waals surface area (Å²) >= 11 is 1.76. The number of thioether (sulfide) groups is 1. The third kappa shape index (κ3) is 4.45. The molecule has 0 bridgehead atoms. The van der Waals surface area contributed by atoms with Gasteiger partial charge in [0.1, 0.15) is 0 Å². The topological polar surface area (TPSA) is 37.3 Å². The van der Waals surface area contributed by atoms with Crippen LogP contribution in [0, 0.1) is 6.92 Å². The van der Waals surface area contributed by atoms with Crippen LogP contribution in [0.3, 0.4) is 0 Å². The van der Waals surface area contributed by atoms with E-state index in [1.807, 2.05) is 24.3 Å². The van der Waals surface area contributed by atoms with Gasteiger partial charge in [-0.2, -0.15) is 0 Å². The number of rotatable bonds is 5. The predicted octanol–water partition coefficient (Wildman–Crippen LogP) is 3.91. The van der Waals surface area contributed by atoms with Crippen LogP contribution >= 0.6 is 11.8 Å². The fraction of sp³-hybridized carbons (Fsp3) is 0.188. The molecule has 0 saturated carbocycles. The lowest BCUT2D eigenvalue weighted by Crippen LogP contribution is -1.99.